The van der Waals surface area contributed by atoms with Crippen LogP contribution in [-0.4, -0.2) is 24.9 Å². The Labute approximate surface area is 112 Å². The number of hydrogen-bond donors (Lipinski definition) is 1. The SMILES string of the molecule is COc1cccc2c1CC(NC(=O)CCCl)CC2. The average molecular weight is 268 g/mol. The Bertz CT molecular complexity index is 420. The van der Waals surface area contributed by atoms with Crippen LogP contribution in [0.15, 0.2) is 18.2 Å². The van der Waals surface area contributed by atoms with E-state index < -0.39 is 0 Å². The van der Waals surface area contributed by atoms with E-state index in [0.717, 1.165) is 25.0 Å². The third kappa shape index (κ3) is 2.96. The number of carbonyl (C=O) groups is 1. The van der Waals surface area contributed by atoms with Crippen LogP contribution in [0.3, 0.4) is 0 Å². The molecule has 1 aliphatic carbocycles. The van der Waals surface area contributed by atoms with E-state index in [-0.39, 0.29) is 11.9 Å². The highest BCUT2D eigenvalue weighted by Crippen LogP contribution is 2.29. The molecule has 0 saturated carbocycles. The summed E-state index contributed by atoms with van der Waals surface area (Å²) in [7, 11) is 1.69. The Morgan fingerprint density at radius 1 is 1.56 bits per heavy atom. The monoisotopic (exact) mass is 267 g/mol. The number of nitrogens with one attached hydrogen (secondary N) is 1. The minimum atomic E-state index is 0.0355. The summed E-state index contributed by atoms with van der Waals surface area (Å²) >= 11 is 5.56. The highest BCUT2D eigenvalue weighted by atomic mass is 35.5. The molecule has 0 aromatic heterocycles. The van der Waals surface area contributed by atoms with Gasteiger partial charge in [0, 0.05) is 18.3 Å². The molecule has 98 valence electrons. The van der Waals surface area contributed by atoms with Gasteiger partial charge in [-0.2, -0.15) is 0 Å². The molecule has 3 nitrogen and oxygen atoms in total. The molecule has 0 saturated heterocycles. The highest BCUT2D eigenvalue weighted by Gasteiger charge is 2.22. The Hall–Kier alpha value is -1.22. The molecule has 1 aromatic carbocycles. The number of methoxy groups -OCH3 is 1. The summed E-state index contributed by atoms with van der Waals surface area (Å²) in [6.07, 6.45) is 3.19. The normalized spacial score (nSPS) is 18.0. The zero-order chi connectivity index (χ0) is 13.0. The number of halogens is 1. The van der Waals surface area contributed by atoms with E-state index in [1.165, 1.54) is 11.1 Å². The fourth-order valence-electron chi connectivity index (χ4n) is 2.46. The fraction of sp³-hybridized carbons (Fsp3) is 0.500. The molecule has 0 aliphatic heterocycles. The summed E-state index contributed by atoms with van der Waals surface area (Å²) in [6, 6.07) is 6.32. The van der Waals surface area contributed by atoms with Crippen molar-refractivity contribution < 1.29 is 9.53 Å². The van der Waals surface area contributed by atoms with Crippen LogP contribution in [0.4, 0.5) is 0 Å². The van der Waals surface area contributed by atoms with Crippen LogP contribution in [0.2, 0.25) is 0 Å². The van der Waals surface area contributed by atoms with Crippen LogP contribution in [0.25, 0.3) is 0 Å². The third-order valence-corrected chi connectivity index (χ3v) is 3.54. The van der Waals surface area contributed by atoms with Crippen molar-refractivity contribution in [1.29, 1.82) is 0 Å². The van der Waals surface area contributed by atoms with E-state index in [2.05, 4.69) is 11.4 Å². The number of aryl methyl sites for hydroxylation is 1. The van der Waals surface area contributed by atoms with Crippen molar-refractivity contribution in [3.63, 3.8) is 0 Å². The molecule has 1 amide bonds. The Morgan fingerprint density at radius 2 is 2.39 bits per heavy atom. The zero-order valence-corrected chi connectivity index (χ0v) is 11.3. The minimum absolute atomic E-state index is 0.0355. The molecule has 1 unspecified atom stereocenters. The quantitative estimate of drug-likeness (QED) is 0.850. The third-order valence-electron chi connectivity index (χ3n) is 3.35. The molecule has 1 N–H and O–H groups in total. The molecule has 1 aliphatic rings. The van der Waals surface area contributed by atoms with Crippen LogP contribution in [-0.2, 0) is 17.6 Å². The van der Waals surface area contributed by atoms with E-state index in [4.69, 9.17) is 16.3 Å². The first kappa shape index (κ1) is 13.2. The van der Waals surface area contributed by atoms with Gasteiger partial charge in [-0.25, -0.2) is 0 Å². The molecule has 4 heteroatoms. The summed E-state index contributed by atoms with van der Waals surface area (Å²) in [6.45, 7) is 0. The van der Waals surface area contributed by atoms with Gasteiger partial charge in [-0.05, 0) is 36.5 Å². The number of ether oxygens (including phenoxy) is 1. The first-order chi connectivity index (χ1) is 8.74. The molecule has 18 heavy (non-hydrogen) atoms. The molecule has 0 fully saturated rings. The van der Waals surface area contributed by atoms with Gasteiger partial charge in [-0.1, -0.05) is 12.1 Å². The molecule has 2 rings (SSSR count). The lowest BCUT2D eigenvalue weighted by atomic mass is 9.87. The number of benzene rings is 1. The van der Waals surface area contributed by atoms with Crippen LogP contribution in [0, 0.1) is 0 Å². The predicted octanol–water partition coefficient (Wildman–Crippen LogP) is 2.30. The first-order valence-electron chi connectivity index (χ1n) is 6.24. The predicted molar refractivity (Wildman–Crippen MR) is 72.3 cm³/mol. The smallest absolute Gasteiger partial charge is 0.221 e. The lowest BCUT2D eigenvalue weighted by molar-refractivity contribution is -0.121. The molecule has 0 radical (unpaired) electrons. The minimum Gasteiger partial charge on any atom is -0.496 e. The van der Waals surface area contributed by atoms with Gasteiger partial charge in [-0.3, -0.25) is 4.79 Å². The standard InChI is InChI=1S/C14H18ClNO2/c1-18-13-4-2-3-10-5-6-11(9-12(10)13)16-14(17)7-8-15/h2-4,11H,5-9H2,1H3,(H,16,17). The summed E-state index contributed by atoms with van der Waals surface area (Å²) in [5, 5.41) is 3.03. The Kier molecular flexibility index (Phi) is 4.48. The van der Waals surface area contributed by atoms with E-state index >= 15 is 0 Å². The Balaban J connectivity index is 2.07. The highest BCUT2D eigenvalue weighted by molar-refractivity contribution is 6.18. The van der Waals surface area contributed by atoms with Crippen molar-refractivity contribution in [1.82, 2.24) is 5.32 Å². The Morgan fingerprint density at radius 3 is 3.11 bits per heavy atom. The summed E-state index contributed by atoms with van der Waals surface area (Å²) in [5.74, 6) is 1.33. The van der Waals surface area contributed by atoms with E-state index in [1.54, 1.807) is 7.11 Å². The van der Waals surface area contributed by atoms with Crippen molar-refractivity contribution in [2.75, 3.05) is 13.0 Å². The number of carbonyl (C=O) groups excluding carboxylic acids is 1. The molecule has 1 aromatic rings. The second-order valence-electron chi connectivity index (χ2n) is 4.54. The second-order valence-corrected chi connectivity index (χ2v) is 4.92. The molecule has 0 bridgehead atoms. The summed E-state index contributed by atoms with van der Waals surface area (Å²) < 4.78 is 5.38. The zero-order valence-electron chi connectivity index (χ0n) is 10.5. The van der Waals surface area contributed by atoms with Gasteiger partial charge < -0.3 is 10.1 Å². The van der Waals surface area contributed by atoms with Crippen LogP contribution in [0.5, 0.6) is 5.75 Å². The number of fused-ring (bicyclic) bond motifs is 1. The van der Waals surface area contributed by atoms with E-state index in [9.17, 15) is 4.79 Å². The second kappa shape index (κ2) is 6.10. The number of rotatable bonds is 4. The van der Waals surface area contributed by atoms with Gasteiger partial charge in [-0.15, -0.1) is 11.6 Å². The van der Waals surface area contributed by atoms with Crippen LogP contribution in [0.1, 0.15) is 24.0 Å². The largest absolute Gasteiger partial charge is 0.496 e. The van der Waals surface area contributed by atoms with Gasteiger partial charge in [0.2, 0.25) is 5.91 Å². The number of alkyl halides is 1. The van der Waals surface area contributed by atoms with E-state index in [1.807, 2.05) is 12.1 Å². The van der Waals surface area contributed by atoms with Crippen molar-refractivity contribution in [2.24, 2.45) is 0 Å². The molecule has 1 atom stereocenters. The topological polar surface area (TPSA) is 38.3 Å². The average Bonchev–Trinajstić information content (AvgIpc) is 2.38. The van der Waals surface area contributed by atoms with Gasteiger partial charge >= 0.3 is 0 Å². The molecular weight excluding hydrogens is 250 g/mol. The van der Waals surface area contributed by atoms with E-state index in [0.29, 0.717) is 12.3 Å². The lowest BCUT2D eigenvalue weighted by Crippen LogP contribution is -2.39. The summed E-state index contributed by atoms with van der Waals surface area (Å²) in [4.78, 5) is 11.6. The molecule has 0 heterocycles. The van der Waals surface area contributed by atoms with Crippen molar-refractivity contribution >= 4 is 17.5 Å². The van der Waals surface area contributed by atoms with Gasteiger partial charge in [0.25, 0.3) is 0 Å². The fourth-order valence-corrected chi connectivity index (χ4v) is 2.63. The number of amides is 1. The maximum absolute atomic E-state index is 11.6. The lowest BCUT2D eigenvalue weighted by Gasteiger charge is -2.26. The number of hydrogen-bond acceptors (Lipinski definition) is 2. The van der Waals surface area contributed by atoms with Gasteiger partial charge in [0.15, 0.2) is 0 Å². The van der Waals surface area contributed by atoms with Gasteiger partial charge in [0.1, 0.15) is 5.75 Å². The molecular formula is C14H18ClNO2. The maximum atomic E-state index is 11.6. The van der Waals surface area contributed by atoms with Crippen LogP contribution < -0.4 is 10.1 Å². The van der Waals surface area contributed by atoms with Gasteiger partial charge in [0.05, 0.1) is 7.11 Å². The van der Waals surface area contributed by atoms with Crippen molar-refractivity contribution in [2.45, 2.75) is 31.7 Å². The molecule has 0 spiro atoms. The van der Waals surface area contributed by atoms with Crippen LogP contribution >= 0.6 is 11.6 Å². The summed E-state index contributed by atoms with van der Waals surface area (Å²) in [5.41, 5.74) is 2.56. The first-order valence-corrected chi connectivity index (χ1v) is 6.78. The van der Waals surface area contributed by atoms with Crippen molar-refractivity contribution in [3.8, 4) is 5.75 Å². The van der Waals surface area contributed by atoms with Crippen molar-refractivity contribution in [3.05, 3.63) is 29.3 Å². The maximum Gasteiger partial charge on any atom is 0.221 e.